The molecule has 4 heteroatoms. The van der Waals surface area contributed by atoms with E-state index in [0.29, 0.717) is 17.2 Å². The molecule has 0 fully saturated rings. The normalized spacial score (nSPS) is 9.78. The molecule has 0 radical (unpaired) electrons. The predicted octanol–water partition coefficient (Wildman–Crippen LogP) is 2.46. The van der Waals surface area contributed by atoms with Gasteiger partial charge < -0.3 is 10.1 Å². The summed E-state index contributed by atoms with van der Waals surface area (Å²) in [5.74, 6) is 1.13. The molecular formula is C14H13N3O. The number of benzene rings is 1. The first-order chi connectivity index (χ1) is 8.81. The number of aromatic nitrogens is 1. The number of nitriles is 1. The predicted molar refractivity (Wildman–Crippen MR) is 68.2 cm³/mol. The molecule has 0 spiro atoms. The highest BCUT2D eigenvalue weighted by Gasteiger charge is 2.00. The van der Waals surface area contributed by atoms with Gasteiger partial charge in [-0.25, -0.2) is 4.98 Å². The van der Waals surface area contributed by atoms with Crippen molar-refractivity contribution in [3.8, 4) is 17.7 Å². The molecule has 4 nitrogen and oxygen atoms in total. The van der Waals surface area contributed by atoms with E-state index in [0.717, 1.165) is 6.54 Å². The smallest absolute Gasteiger partial charge is 0.220 e. The van der Waals surface area contributed by atoms with Gasteiger partial charge in [0.1, 0.15) is 5.75 Å². The van der Waals surface area contributed by atoms with E-state index in [-0.39, 0.29) is 0 Å². The second-order valence-corrected chi connectivity index (χ2v) is 3.77. The molecule has 0 atom stereocenters. The van der Waals surface area contributed by atoms with Crippen molar-refractivity contribution in [2.24, 2.45) is 0 Å². The van der Waals surface area contributed by atoms with Crippen LogP contribution in [0.2, 0.25) is 0 Å². The number of ether oxygens (including phenoxy) is 1. The number of pyridine rings is 1. The average molecular weight is 239 g/mol. The summed E-state index contributed by atoms with van der Waals surface area (Å²) in [7, 11) is 1.90. The van der Waals surface area contributed by atoms with E-state index in [2.05, 4.69) is 16.4 Å². The summed E-state index contributed by atoms with van der Waals surface area (Å²) in [5.41, 5.74) is 1.72. The van der Waals surface area contributed by atoms with E-state index >= 15 is 0 Å². The van der Waals surface area contributed by atoms with Gasteiger partial charge in [0.15, 0.2) is 0 Å². The topological polar surface area (TPSA) is 57.9 Å². The summed E-state index contributed by atoms with van der Waals surface area (Å²) in [5, 5.41) is 11.9. The van der Waals surface area contributed by atoms with Crippen LogP contribution in [0.25, 0.3) is 0 Å². The van der Waals surface area contributed by atoms with Gasteiger partial charge >= 0.3 is 0 Å². The number of hydrogen-bond donors (Lipinski definition) is 1. The van der Waals surface area contributed by atoms with E-state index in [1.54, 1.807) is 18.3 Å². The third-order valence-electron chi connectivity index (χ3n) is 2.39. The molecule has 2 rings (SSSR count). The minimum atomic E-state index is 0.426. The molecule has 1 aromatic heterocycles. The van der Waals surface area contributed by atoms with Crippen molar-refractivity contribution in [1.82, 2.24) is 10.3 Å². The highest BCUT2D eigenvalue weighted by Crippen LogP contribution is 2.20. The molecule has 2 aromatic rings. The Balaban J connectivity index is 2.11. The van der Waals surface area contributed by atoms with Gasteiger partial charge in [-0.15, -0.1) is 0 Å². The van der Waals surface area contributed by atoms with Crippen LogP contribution in [0.1, 0.15) is 11.1 Å². The number of nitrogens with zero attached hydrogens (tertiary/aromatic N) is 2. The first-order valence-electron chi connectivity index (χ1n) is 5.59. The first-order valence-corrected chi connectivity index (χ1v) is 5.59. The van der Waals surface area contributed by atoms with E-state index < -0.39 is 0 Å². The fourth-order valence-electron chi connectivity index (χ4n) is 1.54. The van der Waals surface area contributed by atoms with Crippen LogP contribution in [0, 0.1) is 11.3 Å². The van der Waals surface area contributed by atoms with E-state index in [1.165, 1.54) is 5.56 Å². The molecule has 0 unspecified atom stereocenters. The summed E-state index contributed by atoms with van der Waals surface area (Å²) in [4.78, 5) is 4.06. The van der Waals surface area contributed by atoms with Crippen LogP contribution in [-0.4, -0.2) is 12.0 Å². The van der Waals surface area contributed by atoms with Gasteiger partial charge in [0.05, 0.1) is 11.6 Å². The number of nitrogens with one attached hydrogen (secondary N) is 1. The molecule has 1 N–H and O–H groups in total. The minimum Gasteiger partial charge on any atom is -0.439 e. The maximum Gasteiger partial charge on any atom is 0.220 e. The largest absolute Gasteiger partial charge is 0.439 e. The van der Waals surface area contributed by atoms with Crippen LogP contribution in [0.5, 0.6) is 11.6 Å². The standard InChI is InChI=1S/C14H13N3O/c1-16-10-11-2-4-13(5-3-11)18-14-8-12(9-15)6-7-17-14/h2-8,16H,10H2,1H3. The average Bonchev–Trinajstić information content (AvgIpc) is 2.42. The fourth-order valence-corrected chi connectivity index (χ4v) is 1.54. The SMILES string of the molecule is CNCc1ccc(Oc2cc(C#N)ccn2)cc1. The van der Waals surface area contributed by atoms with Crippen LogP contribution in [0.3, 0.4) is 0 Å². The van der Waals surface area contributed by atoms with Crippen molar-refractivity contribution >= 4 is 0 Å². The van der Waals surface area contributed by atoms with Crippen molar-refractivity contribution in [2.75, 3.05) is 7.05 Å². The summed E-state index contributed by atoms with van der Waals surface area (Å²) >= 11 is 0. The minimum absolute atomic E-state index is 0.426. The van der Waals surface area contributed by atoms with Gasteiger partial charge in [-0.05, 0) is 30.8 Å². The zero-order chi connectivity index (χ0) is 12.8. The Kier molecular flexibility index (Phi) is 3.90. The molecule has 0 saturated carbocycles. The fraction of sp³-hybridized carbons (Fsp3) is 0.143. The Morgan fingerprint density at radius 3 is 2.72 bits per heavy atom. The monoisotopic (exact) mass is 239 g/mol. The Morgan fingerprint density at radius 1 is 1.28 bits per heavy atom. The van der Waals surface area contributed by atoms with Crippen LogP contribution in [0.4, 0.5) is 0 Å². The Labute approximate surface area is 106 Å². The lowest BCUT2D eigenvalue weighted by Gasteiger charge is -2.05. The van der Waals surface area contributed by atoms with Gasteiger partial charge in [-0.2, -0.15) is 5.26 Å². The Bertz CT molecular complexity index is 558. The lowest BCUT2D eigenvalue weighted by atomic mass is 10.2. The lowest BCUT2D eigenvalue weighted by Crippen LogP contribution is -2.04. The van der Waals surface area contributed by atoms with Crippen molar-refractivity contribution in [3.63, 3.8) is 0 Å². The molecule has 90 valence electrons. The molecule has 18 heavy (non-hydrogen) atoms. The van der Waals surface area contributed by atoms with Gasteiger partial charge in [-0.1, -0.05) is 12.1 Å². The van der Waals surface area contributed by atoms with Gasteiger partial charge in [0, 0.05) is 18.8 Å². The highest BCUT2D eigenvalue weighted by atomic mass is 16.5. The summed E-state index contributed by atoms with van der Waals surface area (Å²) in [6, 6.07) is 13.0. The van der Waals surface area contributed by atoms with E-state index in [1.807, 2.05) is 31.3 Å². The summed E-state index contributed by atoms with van der Waals surface area (Å²) < 4.78 is 5.57. The maximum atomic E-state index is 8.78. The quantitative estimate of drug-likeness (QED) is 0.890. The van der Waals surface area contributed by atoms with E-state index in [9.17, 15) is 0 Å². The van der Waals surface area contributed by atoms with Crippen molar-refractivity contribution in [2.45, 2.75) is 6.54 Å². The first kappa shape index (κ1) is 12.1. The molecular weight excluding hydrogens is 226 g/mol. The van der Waals surface area contributed by atoms with Crippen molar-refractivity contribution < 1.29 is 4.74 Å². The maximum absolute atomic E-state index is 8.78. The van der Waals surface area contributed by atoms with Crippen LogP contribution in [0.15, 0.2) is 42.6 Å². The molecule has 1 aromatic carbocycles. The molecule has 0 aliphatic heterocycles. The molecule has 0 saturated heterocycles. The highest BCUT2D eigenvalue weighted by molar-refractivity contribution is 5.35. The zero-order valence-corrected chi connectivity index (χ0v) is 10.1. The third kappa shape index (κ3) is 3.06. The van der Waals surface area contributed by atoms with Gasteiger partial charge in [0.2, 0.25) is 5.88 Å². The van der Waals surface area contributed by atoms with Gasteiger partial charge in [-0.3, -0.25) is 0 Å². The van der Waals surface area contributed by atoms with Crippen LogP contribution < -0.4 is 10.1 Å². The second-order valence-electron chi connectivity index (χ2n) is 3.77. The molecule has 1 heterocycles. The number of rotatable bonds is 4. The lowest BCUT2D eigenvalue weighted by molar-refractivity contribution is 0.462. The van der Waals surface area contributed by atoms with Crippen LogP contribution in [-0.2, 0) is 6.54 Å². The zero-order valence-electron chi connectivity index (χ0n) is 10.1. The molecule has 0 bridgehead atoms. The van der Waals surface area contributed by atoms with Crippen molar-refractivity contribution in [1.29, 1.82) is 5.26 Å². The third-order valence-corrected chi connectivity index (χ3v) is 2.39. The van der Waals surface area contributed by atoms with Gasteiger partial charge in [0.25, 0.3) is 0 Å². The second kappa shape index (κ2) is 5.80. The molecule has 0 aliphatic rings. The summed E-state index contributed by atoms with van der Waals surface area (Å²) in [6.07, 6.45) is 1.56. The van der Waals surface area contributed by atoms with Crippen LogP contribution >= 0.6 is 0 Å². The Morgan fingerprint density at radius 2 is 2.06 bits per heavy atom. The summed E-state index contributed by atoms with van der Waals surface area (Å²) in [6.45, 7) is 0.822. The van der Waals surface area contributed by atoms with Crippen molar-refractivity contribution in [3.05, 3.63) is 53.7 Å². The molecule has 0 amide bonds. The number of hydrogen-bond acceptors (Lipinski definition) is 4. The van der Waals surface area contributed by atoms with E-state index in [4.69, 9.17) is 10.00 Å². The molecule has 0 aliphatic carbocycles. The Hall–Kier alpha value is -2.38.